The van der Waals surface area contributed by atoms with Crippen molar-refractivity contribution in [2.24, 2.45) is 0 Å². The van der Waals surface area contributed by atoms with Crippen LogP contribution in [0.5, 0.6) is 0 Å². The second-order valence-electron chi connectivity index (χ2n) is 3.93. The van der Waals surface area contributed by atoms with Gasteiger partial charge in [-0.1, -0.05) is 19.1 Å². The van der Waals surface area contributed by atoms with E-state index in [1.165, 1.54) is 9.13 Å². The Morgan fingerprint density at radius 1 is 1.18 bits per heavy atom. The minimum atomic E-state index is 0.132. The Kier molecular flexibility index (Phi) is 4.23. The van der Waals surface area contributed by atoms with Gasteiger partial charge in [-0.25, -0.2) is 0 Å². The largest absolute Gasteiger partial charge is 0.464 e. The van der Waals surface area contributed by atoms with Crippen LogP contribution in [0.3, 0.4) is 0 Å². The van der Waals surface area contributed by atoms with Crippen LogP contribution in [0.15, 0.2) is 40.8 Å². The van der Waals surface area contributed by atoms with E-state index in [-0.39, 0.29) is 6.04 Å². The molecule has 0 aliphatic rings. The van der Waals surface area contributed by atoms with Gasteiger partial charge in [0.15, 0.2) is 0 Å². The summed E-state index contributed by atoms with van der Waals surface area (Å²) in [6.07, 6.45) is 0.934. The van der Waals surface area contributed by atoms with Gasteiger partial charge in [-0.2, -0.15) is 0 Å². The van der Waals surface area contributed by atoms with E-state index in [2.05, 4.69) is 65.2 Å². The number of furan rings is 1. The lowest BCUT2D eigenvalue weighted by molar-refractivity contribution is 0.434. The molecule has 0 radical (unpaired) electrons. The first-order chi connectivity index (χ1) is 8.24. The SMILES string of the molecule is CCc1ccc(C(NC)c2ccc(I)cc2)o1. The van der Waals surface area contributed by atoms with E-state index in [1.54, 1.807) is 0 Å². The minimum absolute atomic E-state index is 0.132. The average molecular weight is 341 g/mol. The van der Waals surface area contributed by atoms with Crippen molar-refractivity contribution in [3.8, 4) is 0 Å². The molecular weight excluding hydrogens is 325 g/mol. The molecule has 2 rings (SSSR count). The second kappa shape index (κ2) is 5.69. The molecule has 90 valence electrons. The Morgan fingerprint density at radius 2 is 1.88 bits per heavy atom. The van der Waals surface area contributed by atoms with Crippen LogP contribution in [0.4, 0.5) is 0 Å². The van der Waals surface area contributed by atoms with E-state index in [0.717, 1.165) is 17.9 Å². The number of hydrogen-bond donors (Lipinski definition) is 1. The van der Waals surface area contributed by atoms with E-state index in [0.29, 0.717) is 0 Å². The number of benzene rings is 1. The lowest BCUT2D eigenvalue weighted by Crippen LogP contribution is -2.16. The molecule has 0 aliphatic carbocycles. The number of hydrogen-bond acceptors (Lipinski definition) is 2. The first-order valence-electron chi connectivity index (χ1n) is 5.76. The maximum atomic E-state index is 5.81. The van der Waals surface area contributed by atoms with Crippen LogP contribution in [0.2, 0.25) is 0 Å². The van der Waals surface area contributed by atoms with Gasteiger partial charge in [-0.3, -0.25) is 0 Å². The first kappa shape index (κ1) is 12.6. The molecule has 0 bridgehead atoms. The molecule has 1 N–H and O–H groups in total. The van der Waals surface area contributed by atoms with Gasteiger partial charge in [0.2, 0.25) is 0 Å². The molecule has 0 aliphatic heterocycles. The molecule has 2 aromatic rings. The molecule has 0 saturated carbocycles. The van der Waals surface area contributed by atoms with Crippen LogP contribution in [-0.4, -0.2) is 7.05 Å². The summed E-state index contributed by atoms with van der Waals surface area (Å²) < 4.78 is 7.05. The van der Waals surface area contributed by atoms with Gasteiger partial charge in [0.05, 0.1) is 6.04 Å². The zero-order valence-electron chi connectivity index (χ0n) is 10.0. The van der Waals surface area contributed by atoms with Crippen molar-refractivity contribution in [2.75, 3.05) is 7.05 Å². The van der Waals surface area contributed by atoms with Gasteiger partial charge in [-0.05, 0) is 59.5 Å². The highest BCUT2D eigenvalue weighted by molar-refractivity contribution is 14.1. The topological polar surface area (TPSA) is 25.2 Å². The van der Waals surface area contributed by atoms with Crippen molar-refractivity contribution < 1.29 is 4.42 Å². The zero-order chi connectivity index (χ0) is 12.3. The quantitative estimate of drug-likeness (QED) is 0.857. The summed E-state index contributed by atoms with van der Waals surface area (Å²) in [5, 5.41) is 3.30. The summed E-state index contributed by atoms with van der Waals surface area (Å²) in [5.74, 6) is 2.01. The normalized spacial score (nSPS) is 12.6. The van der Waals surface area contributed by atoms with Gasteiger partial charge < -0.3 is 9.73 Å². The molecule has 0 spiro atoms. The van der Waals surface area contributed by atoms with Gasteiger partial charge in [0.25, 0.3) is 0 Å². The van der Waals surface area contributed by atoms with E-state index in [4.69, 9.17) is 4.42 Å². The van der Waals surface area contributed by atoms with Crippen molar-refractivity contribution in [2.45, 2.75) is 19.4 Å². The monoisotopic (exact) mass is 341 g/mol. The fraction of sp³-hybridized carbons (Fsp3) is 0.286. The molecule has 1 aromatic heterocycles. The van der Waals surface area contributed by atoms with Crippen LogP contribution >= 0.6 is 22.6 Å². The third-order valence-corrected chi connectivity index (χ3v) is 3.53. The number of nitrogens with one attached hydrogen (secondary N) is 1. The molecule has 0 amide bonds. The Bertz CT molecular complexity index is 475. The van der Waals surface area contributed by atoms with Crippen molar-refractivity contribution in [1.29, 1.82) is 0 Å². The predicted octanol–water partition coefficient (Wildman–Crippen LogP) is 3.76. The molecule has 2 nitrogen and oxygen atoms in total. The fourth-order valence-corrected chi connectivity index (χ4v) is 2.23. The highest BCUT2D eigenvalue weighted by Crippen LogP contribution is 2.24. The molecule has 0 fully saturated rings. The Balaban J connectivity index is 2.29. The van der Waals surface area contributed by atoms with Crippen LogP contribution in [-0.2, 0) is 6.42 Å². The Hall–Kier alpha value is -0.810. The van der Waals surface area contributed by atoms with Crippen LogP contribution < -0.4 is 5.32 Å². The third kappa shape index (κ3) is 2.90. The summed E-state index contributed by atoms with van der Waals surface area (Å²) in [6, 6.07) is 12.7. The molecule has 1 unspecified atom stereocenters. The summed E-state index contributed by atoms with van der Waals surface area (Å²) in [6.45, 7) is 2.10. The van der Waals surface area contributed by atoms with E-state index in [1.807, 2.05) is 13.1 Å². The average Bonchev–Trinajstić information content (AvgIpc) is 2.81. The highest BCUT2D eigenvalue weighted by atomic mass is 127. The van der Waals surface area contributed by atoms with Crippen molar-refractivity contribution in [3.63, 3.8) is 0 Å². The number of aryl methyl sites for hydroxylation is 1. The molecule has 0 saturated heterocycles. The second-order valence-corrected chi connectivity index (χ2v) is 5.18. The maximum Gasteiger partial charge on any atom is 0.125 e. The molecule has 1 heterocycles. The molecule has 3 heteroatoms. The highest BCUT2D eigenvalue weighted by Gasteiger charge is 2.15. The van der Waals surface area contributed by atoms with Crippen LogP contribution in [0, 0.1) is 3.57 Å². The molecule has 1 aromatic carbocycles. The summed E-state index contributed by atoms with van der Waals surface area (Å²) in [5.41, 5.74) is 1.23. The first-order valence-corrected chi connectivity index (χ1v) is 6.83. The zero-order valence-corrected chi connectivity index (χ0v) is 12.2. The van der Waals surface area contributed by atoms with Crippen molar-refractivity contribution in [3.05, 3.63) is 57.1 Å². The molecular formula is C14H16INO. The summed E-state index contributed by atoms with van der Waals surface area (Å²) in [7, 11) is 1.96. The fourth-order valence-electron chi connectivity index (χ4n) is 1.87. The van der Waals surface area contributed by atoms with E-state index >= 15 is 0 Å². The minimum Gasteiger partial charge on any atom is -0.464 e. The summed E-state index contributed by atoms with van der Waals surface area (Å²) in [4.78, 5) is 0. The lowest BCUT2D eigenvalue weighted by atomic mass is 10.1. The van der Waals surface area contributed by atoms with E-state index in [9.17, 15) is 0 Å². The predicted molar refractivity (Wildman–Crippen MR) is 78.1 cm³/mol. The van der Waals surface area contributed by atoms with Gasteiger partial charge in [0.1, 0.15) is 11.5 Å². The van der Waals surface area contributed by atoms with Gasteiger partial charge in [0, 0.05) is 9.99 Å². The summed E-state index contributed by atoms with van der Waals surface area (Å²) >= 11 is 2.31. The number of rotatable bonds is 4. The van der Waals surface area contributed by atoms with Crippen molar-refractivity contribution in [1.82, 2.24) is 5.32 Å². The van der Waals surface area contributed by atoms with Crippen molar-refractivity contribution >= 4 is 22.6 Å². The molecule has 17 heavy (non-hydrogen) atoms. The molecule has 1 atom stereocenters. The van der Waals surface area contributed by atoms with Gasteiger partial charge in [-0.15, -0.1) is 0 Å². The Labute approximate surface area is 116 Å². The van der Waals surface area contributed by atoms with Gasteiger partial charge >= 0.3 is 0 Å². The smallest absolute Gasteiger partial charge is 0.125 e. The lowest BCUT2D eigenvalue weighted by Gasteiger charge is -2.14. The van der Waals surface area contributed by atoms with Crippen LogP contribution in [0.1, 0.15) is 30.0 Å². The van der Waals surface area contributed by atoms with E-state index < -0.39 is 0 Å². The Morgan fingerprint density at radius 3 is 2.41 bits per heavy atom. The van der Waals surface area contributed by atoms with Crippen LogP contribution in [0.25, 0.3) is 0 Å². The number of halogens is 1. The third-order valence-electron chi connectivity index (χ3n) is 2.81. The maximum absolute atomic E-state index is 5.81. The standard InChI is InChI=1S/C14H16INO/c1-3-12-8-9-13(17-12)14(16-2)10-4-6-11(15)7-5-10/h4-9,14,16H,3H2,1-2H3.